The summed E-state index contributed by atoms with van der Waals surface area (Å²) in [5, 5.41) is 15.3. The van der Waals surface area contributed by atoms with Crippen LogP contribution < -0.4 is 15.1 Å². The highest BCUT2D eigenvalue weighted by Crippen LogP contribution is 2.25. The van der Waals surface area contributed by atoms with Gasteiger partial charge in [-0.2, -0.15) is 0 Å². The van der Waals surface area contributed by atoms with Gasteiger partial charge < -0.3 is 25.0 Å². The van der Waals surface area contributed by atoms with Crippen molar-refractivity contribution < 1.29 is 9.72 Å². The summed E-state index contributed by atoms with van der Waals surface area (Å²) < 4.78 is 0. The highest BCUT2D eigenvalue weighted by molar-refractivity contribution is 7.80. The fourth-order valence-electron chi connectivity index (χ4n) is 4.57. The minimum absolute atomic E-state index is 0.0559. The second-order valence-corrected chi connectivity index (χ2v) is 9.94. The summed E-state index contributed by atoms with van der Waals surface area (Å²) in [6.07, 6.45) is 8.11. The van der Waals surface area contributed by atoms with Crippen LogP contribution in [-0.4, -0.2) is 63.5 Å². The van der Waals surface area contributed by atoms with Gasteiger partial charge in [-0.1, -0.05) is 26.2 Å². The van der Waals surface area contributed by atoms with Crippen molar-refractivity contribution in [3.63, 3.8) is 0 Å². The molecule has 1 amide bonds. The van der Waals surface area contributed by atoms with Crippen molar-refractivity contribution in [2.75, 3.05) is 42.5 Å². The van der Waals surface area contributed by atoms with Gasteiger partial charge in [0.05, 0.1) is 23.5 Å². The Labute approximate surface area is 234 Å². The Kier molecular flexibility index (Phi) is 9.85. The number of carbonyl (C=O) groups excluding carboxylic acids is 1. The van der Waals surface area contributed by atoms with Gasteiger partial charge in [0, 0.05) is 68.0 Å². The Bertz CT molecular complexity index is 1230. The van der Waals surface area contributed by atoms with E-state index in [1.54, 1.807) is 17.4 Å². The molecule has 0 aliphatic carbocycles. The first-order chi connectivity index (χ1) is 19.0. The molecule has 2 aromatic carbocycles. The zero-order valence-electron chi connectivity index (χ0n) is 22.2. The first-order valence-corrected chi connectivity index (χ1v) is 13.8. The number of benzene rings is 2. The minimum Gasteiger partial charge on any atom is -0.368 e. The van der Waals surface area contributed by atoms with E-state index < -0.39 is 4.92 Å². The number of nitro groups is 1. The molecule has 2 N–H and O–H groups in total. The van der Waals surface area contributed by atoms with E-state index in [2.05, 4.69) is 32.0 Å². The SMILES string of the molecule is CCCCCCNC(=S)N1CCN(c2ccc(N(Cc3cnc[nH]3)C(=O)c3ccc([N+](=O)[O-])cc3)cc2)CC1. The van der Waals surface area contributed by atoms with Gasteiger partial charge in [0.2, 0.25) is 0 Å². The molecule has 1 aromatic heterocycles. The largest absolute Gasteiger partial charge is 0.368 e. The normalized spacial score (nSPS) is 13.3. The summed E-state index contributed by atoms with van der Waals surface area (Å²) >= 11 is 5.60. The van der Waals surface area contributed by atoms with Crippen molar-refractivity contribution in [3.8, 4) is 0 Å². The van der Waals surface area contributed by atoms with Crippen molar-refractivity contribution in [2.24, 2.45) is 0 Å². The van der Waals surface area contributed by atoms with Gasteiger partial charge in [-0.3, -0.25) is 14.9 Å². The quantitative estimate of drug-likeness (QED) is 0.153. The molecule has 1 aliphatic heterocycles. The van der Waals surface area contributed by atoms with Gasteiger partial charge in [0.25, 0.3) is 11.6 Å². The second kappa shape index (κ2) is 13.7. The molecule has 206 valence electrons. The fraction of sp³-hybridized carbons (Fsp3) is 0.393. The van der Waals surface area contributed by atoms with Crippen LogP contribution in [0.15, 0.2) is 61.1 Å². The molecule has 0 atom stereocenters. The number of non-ortho nitro benzene ring substituents is 1. The predicted octanol–water partition coefficient (Wildman–Crippen LogP) is 4.74. The molecule has 3 aromatic rings. The lowest BCUT2D eigenvalue weighted by molar-refractivity contribution is -0.384. The summed E-state index contributed by atoms with van der Waals surface area (Å²) in [7, 11) is 0. The van der Waals surface area contributed by atoms with E-state index in [0.29, 0.717) is 5.56 Å². The molecule has 0 radical (unpaired) electrons. The molecule has 1 saturated heterocycles. The Morgan fingerprint density at radius 2 is 1.79 bits per heavy atom. The second-order valence-electron chi connectivity index (χ2n) is 9.56. The van der Waals surface area contributed by atoms with Gasteiger partial charge in [0.1, 0.15) is 0 Å². The Hall–Kier alpha value is -3.99. The van der Waals surface area contributed by atoms with E-state index in [9.17, 15) is 14.9 Å². The Balaban J connectivity index is 1.39. The molecule has 11 heteroatoms. The number of hydrogen-bond acceptors (Lipinski definition) is 6. The predicted molar refractivity (Wildman–Crippen MR) is 157 cm³/mol. The molecule has 4 rings (SSSR count). The van der Waals surface area contributed by atoms with Crippen molar-refractivity contribution in [2.45, 2.75) is 39.2 Å². The number of anilines is 2. The number of amides is 1. The number of aromatic nitrogens is 2. The number of unbranched alkanes of at least 4 members (excludes halogenated alkanes) is 3. The van der Waals surface area contributed by atoms with Gasteiger partial charge in [0.15, 0.2) is 5.11 Å². The van der Waals surface area contributed by atoms with Crippen LogP contribution in [0.4, 0.5) is 17.1 Å². The zero-order chi connectivity index (χ0) is 27.6. The lowest BCUT2D eigenvalue weighted by atomic mass is 10.1. The molecule has 10 nitrogen and oxygen atoms in total. The molecule has 0 spiro atoms. The van der Waals surface area contributed by atoms with Crippen molar-refractivity contribution in [3.05, 3.63) is 82.4 Å². The van der Waals surface area contributed by atoms with E-state index in [4.69, 9.17) is 12.2 Å². The lowest BCUT2D eigenvalue weighted by Gasteiger charge is -2.37. The highest BCUT2D eigenvalue weighted by Gasteiger charge is 2.22. The van der Waals surface area contributed by atoms with Crippen LogP contribution in [0.2, 0.25) is 0 Å². The number of carbonyl (C=O) groups is 1. The van der Waals surface area contributed by atoms with Gasteiger partial charge in [-0.25, -0.2) is 4.98 Å². The van der Waals surface area contributed by atoms with Crippen LogP contribution in [0.1, 0.15) is 48.7 Å². The number of piperazine rings is 1. The van der Waals surface area contributed by atoms with E-state index in [-0.39, 0.29) is 18.1 Å². The fourth-order valence-corrected chi connectivity index (χ4v) is 4.86. The molecule has 0 saturated carbocycles. The van der Waals surface area contributed by atoms with Crippen molar-refractivity contribution >= 4 is 40.3 Å². The maximum absolute atomic E-state index is 13.5. The number of imidazole rings is 1. The number of H-pyrrole nitrogens is 1. The summed E-state index contributed by atoms with van der Waals surface area (Å²) in [6.45, 7) is 6.85. The lowest BCUT2D eigenvalue weighted by Crippen LogP contribution is -2.51. The molecular formula is C28H35N7O3S. The van der Waals surface area contributed by atoms with Crippen LogP contribution in [0.25, 0.3) is 0 Å². The molecule has 2 heterocycles. The monoisotopic (exact) mass is 549 g/mol. The third kappa shape index (κ3) is 7.53. The summed E-state index contributed by atoms with van der Waals surface area (Å²) in [5.74, 6) is -0.253. The van der Waals surface area contributed by atoms with Gasteiger partial charge in [-0.15, -0.1) is 0 Å². The van der Waals surface area contributed by atoms with Crippen LogP contribution in [0, 0.1) is 10.1 Å². The topological polar surface area (TPSA) is 111 Å². The average molecular weight is 550 g/mol. The number of thiocarbonyl (C=S) groups is 1. The summed E-state index contributed by atoms with van der Waals surface area (Å²) in [6, 6.07) is 13.6. The van der Waals surface area contributed by atoms with Crippen LogP contribution >= 0.6 is 12.2 Å². The summed E-state index contributed by atoms with van der Waals surface area (Å²) in [4.78, 5) is 37.3. The van der Waals surface area contributed by atoms with E-state index >= 15 is 0 Å². The van der Waals surface area contributed by atoms with Gasteiger partial charge in [-0.05, 0) is 55.0 Å². The first kappa shape index (κ1) is 28.0. The van der Waals surface area contributed by atoms with Gasteiger partial charge >= 0.3 is 0 Å². The Morgan fingerprint density at radius 3 is 2.41 bits per heavy atom. The van der Waals surface area contributed by atoms with E-state index in [1.165, 1.54) is 43.5 Å². The standard InChI is InChI=1S/C28H35N7O3S/c1-2-3-4-5-14-30-28(39)33-17-15-32(16-18-33)24-10-12-25(13-11-24)34(20-23-19-29-21-31-23)27(36)22-6-8-26(9-7-22)35(37)38/h6-13,19,21H,2-5,14-18,20H2,1H3,(H,29,31)(H,30,39). The number of hydrogen-bond donors (Lipinski definition) is 2. The molecule has 1 fully saturated rings. The molecule has 0 bridgehead atoms. The maximum atomic E-state index is 13.5. The first-order valence-electron chi connectivity index (χ1n) is 13.4. The molecule has 0 unspecified atom stereocenters. The number of nitrogens with one attached hydrogen (secondary N) is 2. The molecular weight excluding hydrogens is 514 g/mol. The number of nitro benzene ring substituents is 1. The average Bonchev–Trinajstić information content (AvgIpc) is 3.49. The van der Waals surface area contributed by atoms with Crippen LogP contribution in [0.5, 0.6) is 0 Å². The van der Waals surface area contributed by atoms with Crippen LogP contribution in [0.3, 0.4) is 0 Å². The number of aromatic amines is 1. The Morgan fingerprint density at radius 1 is 1.08 bits per heavy atom. The third-order valence-corrected chi connectivity index (χ3v) is 7.26. The highest BCUT2D eigenvalue weighted by atomic mass is 32.1. The smallest absolute Gasteiger partial charge is 0.269 e. The number of nitrogens with zero attached hydrogens (tertiary/aromatic N) is 5. The van der Waals surface area contributed by atoms with E-state index in [1.807, 2.05) is 24.3 Å². The minimum atomic E-state index is -0.478. The molecule has 1 aliphatic rings. The number of rotatable bonds is 11. The summed E-state index contributed by atoms with van der Waals surface area (Å²) in [5.41, 5.74) is 2.90. The van der Waals surface area contributed by atoms with Crippen molar-refractivity contribution in [1.29, 1.82) is 0 Å². The molecule has 39 heavy (non-hydrogen) atoms. The third-order valence-electron chi connectivity index (χ3n) is 6.85. The zero-order valence-corrected chi connectivity index (χ0v) is 23.0. The maximum Gasteiger partial charge on any atom is 0.269 e. The van der Waals surface area contributed by atoms with E-state index in [0.717, 1.165) is 61.3 Å². The van der Waals surface area contributed by atoms with Crippen molar-refractivity contribution in [1.82, 2.24) is 20.2 Å². The van der Waals surface area contributed by atoms with Crippen LogP contribution in [-0.2, 0) is 6.54 Å².